The van der Waals surface area contributed by atoms with E-state index in [1.165, 1.54) is 12.8 Å². The van der Waals surface area contributed by atoms with Crippen molar-refractivity contribution in [3.63, 3.8) is 0 Å². The summed E-state index contributed by atoms with van der Waals surface area (Å²) in [6, 6.07) is 0.547. The number of nitrogens with two attached hydrogens (primary N) is 1. The summed E-state index contributed by atoms with van der Waals surface area (Å²) in [6.45, 7) is 4.58. The Morgan fingerprint density at radius 2 is 2.38 bits per heavy atom. The van der Waals surface area contributed by atoms with Crippen LogP contribution in [0.5, 0.6) is 0 Å². The summed E-state index contributed by atoms with van der Waals surface area (Å²) in [5, 5.41) is 10.4. The normalized spacial score (nSPS) is 21.8. The Bertz CT molecular complexity index is 353. The lowest BCUT2D eigenvalue weighted by Gasteiger charge is -2.32. The molecule has 0 amide bonds. The Labute approximate surface area is 96.5 Å². The molecule has 1 fully saturated rings. The molecule has 1 aromatic heterocycles. The minimum absolute atomic E-state index is 0.257. The molecule has 0 aliphatic heterocycles. The van der Waals surface area contributed by atoms with Gasteiger partial charge in [-0.25, -0.2) is 4.98 Å². The van der Waals surface area contributed by atoms with Gasteiger partial charge in [0.15, 0.2) is 0 Å². The van der Waals surface area contributed by atoms with Crippen molar-refractivity contribution in [2.24, 2.45) is 11.1 Å². The van der Waals surface area contributed by atoms with Crippen LogP contribution >= 0.6 is 0 Å². The van der Waals surface area contributed by atoms with Crippen molar-refractivity contribution in [1.29, 1.82) is 0 Å². The van der Waals surface area contributed by atoms with Gasteiger partial charge in [0.25, 0.3) is 0 Å². The van der Waals surface area contributed by atoms with Gasteiger partial charge in [-0.05, 0) is 19.3 Å². The Morgan fingerprint density at radius 3 is 2.88 bits per heavy atom. The van der Waals surface area contributed by atoms with Crippen LogP contribution < -0.4 is 5.73 Å². The van der Waals surface area contributed by atoms with Crippen molar-refractivity contribution in [2.45, 2.75) is 45.3 Å². The highest BCUT2D eigenvalue weighted by atomic mass is 16.3. The first-order chi connectivity index (χ1) is 7.62. The molecule has 4 nitrogen and oxygen atoms in total. The number of aromatic nitrogens is 2. The van der Waals surface area contributed by atoms with Crippen LogP contribution in [0.4, 0.5) is 0 Å². The van der Waals surface area contributed by atoms with Crippen LogP contribution in [-0.2, 0) is 0 Å². The second-order valence-electron chi connectivity index (χ2n) is 5.07. The zero-order valence-electron chi connectivity index (χ0n) is 10.1. The van der Waals surface area contributed by atoms with Crippen LogP contribution in [-0.4, -0.2) is 21.2 Å². The molecular weight excluding hydrogens is 202 g/mol. The fourth-order valence-corrected chi connectivity index (χ4v) is 1.99. The van der Waals surface area contributed by atoms with Gasteiger partial charge in [0.2, 0.25) is 0 Å². The molecule has 90 valence electrons. The van der Waals surface area contributed by atoms with Crippen LogP contribution in [0.3, 0.4) is 0 Å². The quantitative estimate of drug-likeness (QED) is 0.797. The first kappa shape index (κ1) is 11.6. The van der Waals surface area contributed by atoms with E-state index in [0.29, 0.717) is 12.6 Å². The first-order valence-corrected chi connectivity index (χ1v) is 6.02. The number of aliphatic hydroxyl groups is 1. The molecule has 0 bridgehead atoms. The first-order valence-electron chi connectivity index (χ1n) is 6.02. The molecule has 1 aliphatic rings. The fraction of sp³-hybridized carbons (Fsp3) is 0.750. The smallest absolute Gasteiger partial charge is 0.102 e. The van der Waals surface area contributed by atoms with Crippen molar-refractivity contribution >= 4 is 0 Å². The molecule has 0 radical (unpaired) electrons. The summed E-state index contributed by atoms with van der Waals surface area (Å²) in [6.07, 6.45) is 6.32. The van der Waals surface area contributed by atoms with Crippen LogP contribution in [0.2, 0.25) is 0 Å². The molecule has 16 heavy (non-hydrogen) atoms. The Kier molecular flexibility index (Phi) is 3.04. The van der Waals surface area contributed by atoms with E-state index in [4.69, 9.17) is 5.73 Å². The molecule has 3 N–H and O–H groups in total. The standard InChI is InChI=1S/C12H21N3O/c1-3-12(2,7-13)11(16)10-6-14-8-15(10)9-4-5-9/h6,8-9,11,16H,3-5,7,13H2,1-2H3. The number of rotatable bonds is 5. The minimum Gasteiger partial charge on any atom is -0.386 e. The third-order valence-corrected chi connectivity index (χ3v) is 3.85. The molecule has 2 atom stereocenters. The average molecular weight is 223 g/mol. The van der Waals surface area contributed by atoms with Gasteiger partial charge in [0.05, 0.1) is 18.2 Å². The maximum absolute atomic E-state index is 10.4. The maximum atomic E-state index is 10.4. The van der Waals surface area contributed by atoms with E-state index in [1.807, 2.05) is 13.3 Å². The maximum Gasteiger partial charge on any atom is 0.102 e. The second-order valence-corrected chi connectivity index (χ2v) is 5.07. The molecule has 4 heteroatoms. The SMILES string of the molecule is CCC(C)(CN)C(O)c1cncn1C1CC1. The van der Waals surface area contributed by atoms with Crippen LogP contribution in [0.25, 0.3) is 0 Å². The Hall–Kier alpha value is -0.870. The predicted molar refractivity (Wildman–Crippen MR) is 62.9 cm³/mol. The van der Waals surface area contributed by atoms with E-state index in [0.717, 1.165) is 12.1 Å². The molecule has 0 aromatic carbocycles. The average Bonchev–Trinajstić information content (AvgIpc) is 3.05. The van der Waals surface area contributed by atoms with Gasteiger partial charge in [-0.1, -0.05) is 13.8 Å². The summed E-state index contributed by atoms with van der Waals surface area (Å²) in [7, 11) is 0. The predicted octanol–water partition coefficient (Wildman–Crippen LogP) is 1.63. The van der Waals surface area contributed by atoms with Crippen LogP contribution in [0, 0.1) is 5.41 Å². The number of nitrogens with zero attached hydrogens (tertiary/aromatic N) is 2. The van der Waals surface area contributed by atoms with Gasteiger partial charge >= 0.3 is 0 Å². The Balaban J connectivity index is 2.25. The summed E-state index contributed by atoms with van der Waals surface area (Å²) in [5.74, 6) is 0. The minimum atomic E-state index is -0.523. The Morgan fingerprint density at radius 1 is 1.69 bits per heavy atom. The zero-order valence-corrected chi connectivity index (χ0v) is 10.1. The van der Waals surface area contributed by atoms with Crippen molar-refractivity contribution in [1.82, 2.24) is 9.55 Å². The largest absolute Gasteiger partial charge is 0.386 e. The van der Waals surface area contributed by atoms with Gasteiger partial charge in [-0.2, -0.15) is 0 Å². The lowest BCUT2D eigenvalue weighted by atomic mass is 9.80. The van der Waals surface area contributed by atoms with Crippen LogP contribution in [0.15, 0.2) is 12.5 Å². The third kappa shape index (κ3) is 1.87. The van der Waals surface area contributed by atoms with Crippen LogP contribution in [0.1, 0.15) is 50.9 Å². The number of aliphatic hydroxyl groups excluding tert-OH is 1. The van der Waals surface area contributed by atoms with E-state index in [9.17, 15) is 5.11 Å². The summed E-state index contributed by atoms with van der Waals surface area (Å²) in [5.41, 5.74) is 6.43. The molecule has 1 aliphatic carbocycles. The van der Waals surface area contributed by atoms with E-state index in [-0.39, 0.29) is 5.41 Å². The second kappa shape index (κ2) is 4.18. The number of hydrogen-bond donors (Lipinski definition) is 2. The highest BCUT2D eigenvalue weighted by molar-refractivity contribution is 5.10. The van der Waals surface area contributed by atoms with E-state index >= 15 is 0 Å². The van der Waals surface area contributed by atoms with Gasteiger partial charge in [0, 0.05) is 18.0 Å². The summed E-state index contributed by atoms with van der Waals surface area (Å²) >= 11 is 0. The lowest BCUT2D eigenvalue weighted by molar-refractivity contribution is 0.0328. The molecule has 1 aromatic rings. The van der Waals surface area contributed by atoms with E-state index in [1.54, 1.807) is 6.20 Å². The van der Waals surface area contributed by atoms with Gasteiger partial charge in [0.1, 0.15) is 6.10 Å². The molecule has 2 rings (SSSR count). The number of imidazole rings is 1. The van der Waals surface area contributed by atoms with Gasteiger partial charge < -0.3 is 15.4 Å². The molecular formula is C12H21N3O. The summed E-state index contributed by atoms with van der Waals surface area (Å²) in [4.78, 5) is 4.15. The molecule has 2 unspecified atom stereocenters. The molecule has 1 heterocycles. The molecule has 1 saturated carbocycles. The van der Waals surface area contributed by atoms with Gasteiger partial charge in [-0.3, -0.25) is 0 Å². The topological polar surface area (TPSA) is 64.1 Å². The van der Waals surface area contributed by atoms with Gasteiger partial charge in [-0.15, -0.1) is 0 Å². The molecule has 0 saturated heterocycles. The highest BCUT2D eigenvalue weighted by Crippen LogP contribution is 2.41. The summed E-state index contributed by atoms with van der Waals surface area (Å²) < 4.78 is 2.11. The van der Waals surface area contributed by atoms with Crippen molar-refractivity contribution < 1.29 is 5.11 Å². The zero-order chi connectivity index (χ0) is 11.8. The third-order valence-electron chi connectivity index (χ3n) is 3.85. The van der Waals surface area contributed by atoms with Crippen molar-refractivity contribution in [3.05, 3.63) is 18.2 Å². The number of hydrogen-bond acceptors (Lipinski definition) is 3. The molecule has 0 spiro atoms. The highest BCUT2D eigenvalue weighted by Gasteiger charge is 2.35. The lowest BCUT2D eigenvalue weighted by Crippen LogP contribution is -2.34. The van der Waals surface area contributed by atoms with E-state index in [2.05, 4.69) is 16.5 Å². The fourth-order valence-electron chi connectivity index (χ4n) is 1.99. The monoisotopic (exact) mass is 223 g/mol. The van der Waals surface area contributed by atoms with E-state index < -0.39 is 6.10 Å². The van der Waals surface area contributed by atoms with Crippen molar-refractivity contribution in [2.75, 3.05) is 6.54 Å². The van der Waals surface area contributed by atoms with Crippen molar-refractivity contribution in [3.8, 4) is 0 Å².